The van der Waals surface area contributed by atoms with Crippen LogP contribution in [0.1, 0.15) is 36.0 Å². The van der Waals surface area contributed by atoms with Crippen molar-refractivity contribution in [2.45, 2.75) is 31.3 Å². The zero-order valence-electron chi connectivity index (χ0n) is 11.7. The lowest BCUT2D eigenvalue weighted by atomic mass is 9.90. The lowest BCUT2D eigenvalue weighted by molar-refractivity contribution is -0.0367. The predicted molar refractivity (Wildman–Crippen MR) is 74.3 cm³/mol. The standard InChI is InChI=1S/C14H22N4O2/c19-13(12-9-15-16-10-12)18-7-3-14(20,4-8-18)11-17-5-1-2-6-17/h9-10,20H,1-8,11H2,(H,15,16). The highest BCUT2D eigenvalue weighted by molar-refractivity contribution is 5.93. The van der Waals surface area contributed by atoms with Crippen molar-refractivity contribution in [3.63, 3.8) is 0 Å². The van der Waals surface area contributed by atoms with E-state index in [0.717, 1.165) is 19.6 Å². The highest BCUT2D eigenvalue weighted by Gasteiger charge is 2.36. The number of hydrogen-bond acceptors (Lipinski definition) is 4. The summed E-state index contributed by atoms with van der Waals surface area (Å²) in [4.78, 5) is 16.3. The maximum Gasteiger partial charge on any atom is 0.257 e. The molecule has 0 atom stereocenters. The van der Waals surface area contributed by atoms with Crippen molar-refractivity contribution < 1.29 is 9.90 Å². The van der Waals surface area contributed by atoms with Crippen molar-refractivity contribution >= 4 is 5.91 Å². The number of amides is 1. The number of β-amino-alcohol motifs (C(OH)–C–C–N with tert-alkyl or cyclic N) is 1. The first kappa shape index (κ1) is 13.6. The van der Waals surface area contributed by atoms with Crippen molar-refractivity contribution in [2.75, 3.05) is 32.7 Å². The number of likely N-dealkylation sites (tertiary alicyclic amines) is 2. The zero-order chi connectivity index (χ0) is 14.0. The van der Waals surface area contributed by atoms with E-state index in [-0.39, 0.29) is 5.91 Å². The number of rotatable bonds is 3. The van der Waals surface area contributed by atoms with Crippen LogP contribution in [0.4, 0.5) is 0 Å². The third kappa shape index (κ3) is 2.86. The second kappa shape index (κ2) is 5.54. The number of aromatic nitrogens is 2. The van der Waals surface area contributed by atoms with Gasteiger partial charge < -0.3 is 14.9 Å². The average molecular weight is 278 g/mol. The Kier molecular flexibility index (Phi) is 3.76. The Balaban J connectivity index is 1.54. The first-order valence-electron chi connectivity index (χ1n) is 7.39. The minimum atomic E-state index is -0.627. The van der Waals surface area contributed by atoms with E-state index in [1.54, 1.807) is 12.4 Å². The first-order chi connectivity index (χ1) is 9.66. The fourth-order valence-electron chi connectivity index (χ4n) is 3.19. The van der Waals surface area contributed by atoms with Gasteiger partial charge in [-0.2, -0.15) is 5.10 Å². The molecule has 0 aliphatic carbocycles. The molecule has 2 aliphatic heterocycles. The molecule has 2 fully saturated rings. The van der Waals surface area contributed by atoms with Gasteiger partial charge in [-0.1, -0.05) is 0 Å². The van der Waals surface area contributed by atoms with E-state index in [2.05, 4.69) is 15.1 Å². The molecular weight excluding hydrogens is 256 g/mol. The molecule has 20 heavy (non-hydrogen) atoms. The second-order valence-electron chi connectivity index (χ2n) is 5.99. The lowest BCUT2D eigenvalue weighted by Gasteiger charge is -2.40. The van der Waals surface area contributed by atoms with Crippen molar-refractivity contribution in [3.05, 3.63) is 18.0 Å². The summed E-state index contributed by atoms with van der Waals surface area (Å²) in [5.41, 5.74) is -0.0349. The smallest absolute Gasteiger partial charge is 0.257 e. The van der Waals surface area contributed by atoms with Crippen LogP contribution in [0.2, 0.25) is 0 Å². The molecule has 1 amide bonds. The van der Waals surface area contributed by atoms with Gasteiger partial charge in [-0.15, -0.1) is 0 Å². The maximum absolute atomic E-state index is 12.2. The van der Waals surface area contributed by atoms with Gasteiger partial charge in [0.25, 0.3) is 5.91 Å². The zero-order valence-corrected chi connectivity index (χ0v) is 11.7. The van der Waals surface area contributed by atoms with Gasteiger partial charge in [0.2, 0.25) is 0 Å². The first-order valence-corrected chi connectivity index (χ1v) is 7.39. The fraction of sp³-hybridized carbons (Fsp3) is 0.714. The fourth-order valence-corrected chi connectivity index (χ4v) is 3.19. The van der Waals surface area contributed by atoms with Gasteiger partial charge in [-0.25, -0.2) is 0 Å². The predicted octanol–water partition coefficient (Wildman–Crippen LogP) is 0.473. The highest BCUT2D eigenvalue weighted by atomic mass is 16.3. The topological polar surface area (TPSA) is 72.5 Å². The van der Waals surface area contributed by atoms with E-state index in [4.69, 9.17) is 0 Å². The van der Waals surface area contributed by atoms with Crippen LogP contribution in [-0.2, 0) is 0 Å². The van der Waals surface area contributed by atoms with Crippen LogP contribution in [0, 0.1) is 0 Å². The van der Waals surface area contributed by atoms with Crippen molar-refractivity contribution in [2.24, 2.45) is 0 Å². The Labute approximate surface area is 118 Å². The summed E-state index contributed by atoms with van der Waals surface area (Å²) in [6.45, 7) is 4.18. The summed E-state index contributed by atoms with van der Waals surface area (Å²) in [6, 6.07) is 0. The molecule has 2 N–H and O–H groups in total. The van der Waals surface area contributed by atoms with Gasteiger partial charge in [0.05, 0.1) is 17.4 Å². The van der Waals surface area contributed by atoms with Gasteiger partial charge in [-0.3, -0.25) is 9.89 Å². The Morgan fingerprint density at radius 2 is 2.00 bits per heavy atom. The Morgan fingerprint density at radius 3 is 2.60 bits per heavy atom. The molecule has 0 bridgehead atoms. The van der Waals surface area contributed by atoms with E-state index in [0.29, 0.717) is 31.5 Å². The molecule has 0 saturated carbocycles. The number of piperidine rings is 1. The summed E-state index contributed by atoms with van der Waals surface area (Å²) in [5.74, 6) is 0.00183. The van der Waals surface area contributed by atoms with E-state index in [9.17, 15) is 9.90 Å². The molecular formula is C14H22N4O2. The van der Waals surface area contributed by atoms with Gasteiger partial charge in [0, 0.05) is 25.8 Å². The quantitative estimate of drug-likeness (QED) is 0.843. The summed E-state index contributed by atoms with van der Waals surface area (Å²) in [5, 5.41) is 17.1. The Hall–Kier alpha value is -1.40. The van der Waals surface area contributed by atoms with Crippen LogP contribution in [0.5, 0.6) is 0 Å². The molecule has 0 spiro atoms. The maximum atomic E-state index is 12.2. The van der Waals surface area contributed by atoms with Crippen LogP contribution in [0.3, 0.4) is 0 Å². The summed E-state index contributed by atoms with van der Waals surface area (Å²) >= 11 is 0. The second-order valence-corrected chi connectivity index (χ2v) is 5.99. The molecule has 0 radical (unpaired) electrons. The van der Waals surface area contributed by atoms with E-state index in [1.165, 1.54) is 12.8 Å². The normalized spacial score (nSPS) is 23.1. The van der Waals surface area contributed by atoms with Crippen molar-refractivity contribution in [1.29, 1.82) is 0 Å². The Morgan fingerprint density at radius 1 is 1.30 bits per heavy atom. The summed E-state index contributed by atoms with van der Waals surface area (Å²) in [7, 11) is 0. The molecule has 2 aliphatic rings. The third-order valence-corrected chi connectivity index (χ3v) is 4.44. The van der Waals surface area contributed by atoms with E-state index >= 15 is 0 Å². The third-order valence-electron chi connectivity index (χ3n) is 4.44. The molecule has 6 heteroatoms. The highest BCUT2D eigenvalue weighted by Crippen LogP contribution is 2.25. The number of nitrogens with one attached hydrogen (secondary N) is 1. The van der Waals surface area contributed by atoms with Crippen LogP contribution >= 0.6 is 0 Å². The minimum absolute atomic E-state index is 0.00183. The van der Waals surface area contributed by atoms with Gasteiger partial charge in [-0.05, 0) is 38.8 Å². The van der Waals surface area contributed by atoms with E-state index in [1.807, 2.05) is 4.90 Å². The van der Waals surface area contributed by atoms with Gasteiger partial charge >= 0.3 is 0 Å². The van der Waals surface area contributed by atoms with Crippen molar-refractivity contribution in [3.8, 4) is 0 Å². The molecule has 3 heterocycles. The largest absolute Gasteiger partial charge is 0.388 e. The summed E-state index contributed by atoms with van der Waals surface area (Å²) in [6.07, 6.45) is 6.96. The van der Waals surface area contributed by atoms with E-state index < -0.39 is 5.60 Å². The number of aromatic amines is 1. The molecule has 0 aromatic carbocycles. The SMILES string of the molecule is O=C(c1cn[nH]c1)N1CCC(O)(CN2CCCC2)CC1. The molecule has 1 aromatic rings. The van der Waals surface area contributed by atoms with Crippen LogP contribution < -0.4 is 0 Å². The number of hydrogen-bond donors (Lipinski definition) is 2. The molecule has 1 aromatic heterocycles. The molecule has 6 nitrogen and oxygen atoms in total. The number of carbonyl (C=O) groups is 1. The Bertz CT molecular complexity index is 446. The monoisotopic (exact) mass is 278 g/mol. The van der Waals surface area contributed by atoms with Crippen LogP contribution in [0.25, 0.3) is 0 Å². The molecule has 110 valence electrons. The molecule has 0 unspecified atom stereocenters. The van der Waals surface area contributed by atoms with Crippen LogP contribution in [-0.4, -0.2) is 69.3 Å². The number of aliphatic hydroxyl groups is 1. The number of H-pyrrole nitrogens is 1. The molecule has 2 saturated heterocycles. The lowest BCUT2D eigenvalue weighted by Crippen LogP contribution is -2.51. The minimum Gasteiger partial charge on any atom is -0.388 e. The number of nitrogens with zero attached hydrogens (tertiary/aromatic N) is 3. The van der Waals surface area contributed by atoms with Crippen LogP contribution in [0.15, 0.2) is 12.4 Å². The average Bonchev–Trinajstić information content (AvgIpc) is 3.11. The summed E-state index contributed by atoms with van der Waals surface area (Å²) < 4.78 is 0. The van der Waals surface area contributed by atoms with Gasteiger partial charge in [0.1, 0.15) is 0 Å². The van der Waals surface area contributed by atoms with Gasteiger partial charge in [0.15, 0.2) is 0 Å². The number of carbonyl (C=O) groups excluding carboxylic acids is 1. The molecule has 3 rings (SSSR count). The van der Waals surface area contributed by atoms with Crippen molar-refractivity contribution in [1.82, 2.24) is 20.0 Å².